The van der Waals surface area contributed by atoms with Gasteiger partial charge in [-0.15, -0.1) is 11.3 Å². The molecule has 116 valence electrons. The predicted molar refractivity (Wildman–Crippen MR) is 87.4 cm³/mol. The van der Waals surface area contributed by atoms with E-state index in [-0.39, 0.29) is 30.6 Å². The van der Waals surface area contributed by atoms with Gasteiger partial charge in [-0.2, -0.15) is 0 Å². The number of methoxy groups -OCH3 is 1. The maximum atomic E-state index is 12.0. The number of carbonyl (C=O) groups excluding carboxylic acids is 2. The van der Waals surface area contributed by atoms with Crippen LogP contribution in [0.4, 0.5) is 0 Å². The van der Waals surface area contributed by atoms with Crippen LogP contribution in [0.3, 0.4) is 0 Å². The van der Waals surface area contributed by atoms with Gasteiger partial charge in [-0.1, -0.05) is 24.3 Å². The van der Waals surface area contributed by atoms with E-state index < -0.39 is 0 Å². The summed E-state index contributed by atoms with van der Waals surface area (Å²) in [5.74, 6) is 0.614. The van der Waals surface area contributed by atoms with Crippen molar-refractivity contribution in [1.82, 2.24) is 5.32 Å². The van der Waals surface area contributed by atoms with Gasteiger partial charge in [0.05, 0.1) is 18.0 Å². The van der Waals surface area contributed by atoms with Gasteiger partial charge in [0.1, 0.15) is 5.75 Å². The molecule has 1 aromatic carbocycles. The number of ketones is 1. The zero-order valence-corrected chi connectivity index (χ0v) is 13.5. The zero-order valence-electron chi connectivity index (χ0n) is 12.7. The first kappa shape index (κ1) is 16.2. The molecule has 1 heterocycles. The summed E-state index contributed by atoms with van der Waals surface area (Å²) in [4.78, 5) is 24.6. The Hall–Kier alpha value is -2.14. The SMILES string of the molecule is COc1ccccc1[C@@H](C)NC(=O)CCC(=O)c1cccs1. The number of thiophene rings is 1. The van der Waals surface area contributed by atoms with Crippen molar-refractivity contribution in [2.24, 2.45) is 0 Å². The summed E-state index contributed by atoms with van der Waals surface area (Å²) in [7, 11) is 1.60. The summed E-state index contributed by atoms with van der Waals surface area (Å²) >= 11 is 1.40. The Morgan fingerprint density at radius 2 is 1.95 bits per heavy atom. The highest BCUT2D eigenvalue weighted by Gasteiger charge is 2.15. The highest BCUT2D eigenvalue weighted by atomic mass is 32.1. The van der Waals surface area contributed by atoms with Gasteiger partial charge in [0.15, 0.2) is 5.78 Å². The molecule has 0 spiro atoms. The molecule has 1 aromatic heterocycles. The fourth-order valence-electron chi connectivity index (χ4n) is 2.20. The van der Waals surface area contributed by atoms with Crippen LogP contribution < -0.4 is 10.1 Å². The first-order valence-electron chi connectivity index (χ1n) is 7.10. The summed E-state index contributed by atoms with van der Waals surface area (Å²) < 4.78 is 5.29. The standard InChI is InChI=1S/C17H19NO3S/c1-12(13-6-3-4-7-15(13)21-2)18-17(20)10-9-14(19)16-8-5-11-22-16/h3-8,11-12H,9-10H2,1-2H3,(H,18,20)/t12-/m1/s1. The number of ether oxygens (including phenoxy) is 1. The van der Waals surface area contributed by atoms with E-state index in [1.165, 1.54) is 11.3 Å². The maximum absolute atomic E-state index is 12.0. The average molecular weight is 317 g/mol. The second-order valence-electron chi connectivity index (χ2n) is 4.93. The lowest BCUT2D eigenvalue weighted by Gasteiger charge is -2.17. The van der Waals surface area contributed by atoms with Crippen LogP contribution in [0.2, 0.25) is 0 Å². The van der Waals surface area contributed by atoms with Gasteiger partial charge in [-0.25, -0.2) is 0 Å². The van der Waals surface area contributed by atoms with Crippen LogP contribution >= 0.6 is 11.3 Å². The smallest absolute Gasteiger partial charge is 0.220 e. The van der Waals surface area contributed by atoms with Crippen molar-refractivity contribution in [1.29, 1.82) is 0 Å². The van der Waals surface area contributed by atoms with Crippen molar-refractivity contribution >= 4 is 23.0 Å². The lowest BCUT2D eigenvalue weighted by atomic mass is 10.1. The summed E-state index contributed by atoms with van der Waals surface area (Å²) in [5.41, 5.74) is 0.919. The van der Waals surface area contributed by atoms with E-state index in [0.717, 1.165) is 11.3 Å². The third-order valence-corrected chi connectivity index (χ3v) is 4.27. The number of para-hydroxylation sites is 1. The maximum Gasteiger partial charge on any atom is 0.220 e. The van der Waals surface area contributed by atoms with E-state index in [4.69, 9.17) is 4.74 Å². The fraction of sp³-hybridized carbons (Fsp3) is 0.294. The van der Waals surface area contributed by atoms with E-state index >= 15 is 0 Å². The largest absolute Gasteiger partial charge is 0.496 e. The fourth-order valence-corrected chi connectivity index (χ4v) is 2.90. The molecule has 0 unspecified atom stereocenters. The van der Waals surface area contributed by atoms with Gasteiger partial charge in [0.25, 0.3) is 0 Å². The molecule has 22 heavy (non-hydrogen) atoms. The number of benzene rings is 1. The Bertz CT molecular complexity index is 637. The van der Waals surface area contributed by atoms with Crippen LogP contribution in [0.25, 0.3) is 0 Å². The Morgan fingerprint density at radius 3 is 2.64 bits per heavy atom. The number of rotatable bonds is 7. The summed E-state index contributed by atoms with van der Waals surface area (Å²) in [6, 6.07) is 11.0. The first-order chi connectivity index (χ1) is 10.6. The van der Waals surface area contributed by atoms with Crippen molar-refractivity contribution in [3.63, 3.8) is 0 Å². The lowest BCUT2D eigenvalue weighted by molar-refractivity contribution is -0.121. The number of Topliss-reactive ketones (excluding diaryl/α,β-unsaturated/α-hetero) is 1. The van der Waals surface area contributed by atoms with E-state index in [9.17, 15) is 9.59 Å². The Labute approximate surface area is 134 Å². The minimum Gasteiger partial charge on any atom is -0.496 e. The molecule has 2 rings (SSSR count). The van der Waals surface area contributed by atoms with Gasteiger partial charge < -0.3 is 10.1 Å². The molecule has 1 atom stereocenters. The van der Waals surface area contributed by atoms with E-state index in [0.29, 0.717) is 4.88 Å². The van der Waals surface area contributed by atoms with Crippen molar-refractivity contribution in [3.8, 4) is 5.75 Å². The van der Waals surface area contributed by atoms with Gasteiger partial charge in [-0.3, -0.25) is 9.59 Å². The Morgan fingerprint density at radius 1 is 1.18 bits per heavy atom. The molecule has 1 amide bonds. The molecule has 0 saturated carbocycles. The zero-order chi connectivity index (χ0) is 15.9. The number of hydrogen-bond acceptors (Lipinski definition) is 4. The second kappa shape index (κ2) is 7.75. The number of carbonyl (C=O) groups is 2. The quantitative estimate of drug-likeness (QED) is 0.794. The molecule has 1 N–H and O–H groups in total. The van der Waals surface area contributed by atoms with Crippen LogP contribution in [-0.4, -0.2) is 18.8 Å². The van der Waals surface area contributed by atoms with Gasteiger partial charge in [0, 0.05) is 18.4 Å². The molecule has 2 aromatic rings. The minimum atomic E-state index is -0.166. The Balaban J connectivity index is 1.87. The normalized spacial score (nSPS) is 11.7. The molecule has 0 aliphatic carbocycles. The number of nitrogens with one attached hydrogen (secondary N) is 1. The topological polar surface area (TPSA) is 55.4 Å². The third kappa shape index (κ3) is 4.18. The molecule has 0 aliphatic rings. The van der Waals surface area contributed by atoms with E-state index in [1.807, 2.05) is 42.6 Å². The van der Waals surface area contributed by atoms with Crippen molar-refractivity contribution in [3.05, 3.63) is 52.2 Å². The van der Waals surface area contributed by atoms with E-state index in [1.54, 1.807) is 13.2 Å². The molecule has 4 nitrogen and oxygen atoms in total. The highest BCUT2D eigenvalue weighted by Crippen LogP contribution is 2.24. The number of hydrogen-bond donors (Lipinski definition) is 1. The summed E-state index contributed by atoms with van der Waals surface area (Å²) in [6.45, 7) is 1.90. The van der Waals surface area contributed by atoms with Gasteiger partial charge >= 0.3 is 0 Å². The van der Waals surface area contributed by atoms with Crippen molar-refractivity contribution in [2.75, 3.05) is 7.11 Å². The molecule has 0 fully saturated rings. The van der Waals surface area contributed by atoms with Gasteiger partial charge in [-0.05, 0) is 24.4 Å². The second-order valence-corrected chi connectivity index (χ2v) is 5.88. The third-order valence-electron chi connectivity index (χ3n) is 3.36. The van der Waals surface area contributed by atoms with E-state index in [2.05, 4.69) is 5.32 Å². The molecule has 0 saturated heterocycles. The van der Waals surface area contributed by atoms with Crippen LogP contribution in [0.1, 0.15) is 41.0 Å². The summed E-state index contributed by atoms with van der Waals surface area (Å²) in [5, 5.41) is 4.76. The van der Waals surface area contributed by atoms with Crippen molar-refractivity contribution in [2.45, 2.75) is 25.8 Å². The van der Waals surface area contributed by atoms with Gasteiger partial charge in [0.2, 0.25) is 5.91 Å². The number of amides is 1. The predicted octanol–water partition coefficient (Wildman–Crippen LogP) is 3.60. The minimum absolute atomic E-state index is 0.00935. The van der Waals surface area contributed by atoms with Crippen LogP contribution in [0, 0.1) is 0 Å². The summed E-state index contributed by atoms with van der Waals surface area (Å²) in [6.07, 6.45) is 0.418. The van der Waals surface area contributed by atoms with Crippen molar-refractivity contribution < 1.29 is 14.3 Å². The molecule has 0 aliphatic heterocycles. The molecular weight excluding hydrogens is 298 g/mol. The Kier molecular flexibility index (Phi) is 5.72. The molecular formula is C17H19NO3S. The van der Waals surface area contributed by atoms with Crippen LogP contribution in [-0.2, 0) is 4.79 Å². The molecule has 5 heteroatoms. The molecule has 0 bridgehead atoms. The highest BCUT2D eigenvalue weighted by molar-refractivity contribution is 7.12. The first-order valence-corrected chi connectivity index (χ1v) is 7.98. The van der Waals surface area contributed by atoms with Crippen LogP contribution in [0.15, 0.2) is 41.8 Å². The lowest BCUT2D eigenvalue weighted by Crippen LogP contribution is -2.27. The molecule has 0 radical (unpaired) electrons. The monoisotopic (exact) mass is 317 g/mol. The van der Waals surface area contributed by atoms with Crippen LogP contribution in [0.5, 0.6) is 5.75 Å². The average Bonchev–Trinajstić information content (AvgIpc) is 3.07.